The van der Waals surface area contributed by atoms with Gasteiger partial charge in [0, 0.05) is 54.5 Å². The lowest BCUT2D eigenvalue weighted by molar-refractivity contribution is -0.275. The lowest BCUT2D eigenvalue weighted by Crippen LogP contribution is -2.40. The van der Waals surface area contributed by atoms with Crippen LogP contribution < -0.4 is 26.8 Å². The number of aromatic nitrogens is 3. The summed E-state index contributed by atoms with van der Waals surface area (Å²) in [6.07, 6.45) is 0.0878. The summed E-state index contributed by atoms with van der Waals surface area (Å²) in [5, 5.41) is 14.0. The molecular formula is C34H39F6N7O3. The van der Waals surface area contributed by atoms with Crippen LogP contribution in [0.1, 0.15) is 62.6 Å². The monoisotopic (exact) mass is 707 g/mol. The number of hydrogen-bond donors (Lipinski definition) is 5. The van der Waals surface area contributed by atoms with Crippen LogP contribution in [0.5, 0.6) is 5.75 Å². The normalized spacial score (nSPS) is 17.2. The number of aromatic amines is 1. The maximum atomic E-state index is 15.5. The molecule has 0 bridgehead atoms. The number of nitrogens with zero attached hydrogens (tertiary/aromatic N) is 2. The van der Waals surface area contributed by atoms with Crippen LogP contribution >= 0.6 is 0 Å². The summed E-state index contributed by atoms with van der Waals surface area (Å²) >= 11 is 0. The molecular weight excluding hydrogens is 668 g/mol. The molecule has 10 nitrogen and oxygen atoms in total. The molecule has 2 aromatic heterocycles. The molecule has 0 radical (unpaired) electrons. The molecule has 0 amide bonds. The molecule has 50 heavy (non-hydrogen) atoms. The Hall–Kier alpha value is -4.41. The Morgan fingerprint density at radius 2 is 1.90 bits per heavy atom. The third-order valence-corrected chi connectivity index (χ3v) is 8.60. The molecule has 0 unspecified atom stereocenters. The molecule has 3 heterocycles. The molecule has 2 aromatic carbocycles. The molecule has 1 fully saturated rings. The Balaban J connectivity index is 1.44. The van der Waals surface area contributed by atoms with Crippen LogP contribution in [0.3, 0.4) is 0 Å². The van der Waals surface area contributed by atoms with E-state index in [2.05, 4.69) is 25.3 Å². The summed E-state index contributed by atoms with van der Waals surface area (Å²) in [5.74, 6) is -3.69. The van der Waals surface area contributed by atoms with Gasteiger partial charge in [-0.25, -0.2) is 18.0 Å². The average Bonchev–Trinajstić information content (AvgIpc) is 3.43. The summed E-state index contributed by atoms with van der Waals surface area (Å²) in [7, 11) is 1.50. The Morgan fingerprint density at radius 3 is 2.58 bits per heavy atom. The summed E-state index contributed by atoms with van der Waals surface area (Å²) in [4.78, 5) is 19.8. The van der Waals surface area contributed by atoms with E-state index in [1.165, 1.54) is 25.4 Å². The number of ether oxygens (including phenoxy) is 2. The predicted molar refractivity (Wildman–Crippen MR) is 176 cm³/mol. The highest BCUT2D eigenvalue weighted by molar-refractivity contribution is 5.83. The summed E-state index contributed by atoms with van der Waals surface area (Å²) in [6.45, 7) is 2.48. The highest BCUT2D eigenvalue weighted by atomic mass is 19.4. The fourth-order valence-corrected chi connectivity index (χ4v) is 6.34. The van der Waals surface area contributed by atoms with Gasteiger partial charge in [-0.1, -0.05) is 6.42 Å². The number of benzene rings is 2. The number of amidine groups is 1. The Bertz CT molecular complexity index is 1870. The number of methoxy groups -OCH3 is 1. The van der Waals surface area contributed by atoms with Gasteiger partial charge in [-0.3, -0.25) is 9.98 Å². The van der Waals surface area contributed by atoms with E-state index in [1.807, 2.05) is 0 Å². The van der Waals surface area contributed by atoms with Gasteiger partial charge >= 0.3 is 12.1 Å². The average molecular weight is 708 g/mol. The van der Waals surface area contributed by atoms with Crippen LogP contribution in [0.15, 0.2) is 41.3 Å². The molecule has 1 saturated heterocycles. The van der Waals surface area contributed by atoms with E-state index in [0.29, 0.717) is 50.2 Å². The fourth-order valence-electron chi connectivity index (χ4n) is 6.34. The van der Waals surface area contributed by atoms with Gasteiger partial charge in [-0.15, -0.1) is 13.2 Å². The maximum absolute atomic E-state index is 15.5. The van der Waals surface area contributed by atoms with Crippen LogP contribution in [0.4, 0.5) is 26.3 Å². The number of H-pyrrole nitrogens is 1. The number of nitrogens with two attached hydrogens (primary N) is 1. The Labute approximate surface area is 283 Å². The lowest BCUT2D eigenvalue weighted by Gasteiger charge is -2.32. The van der Waals surface area contributed by atoms with Crippen molar-refractivity contribution in [2.45, 2.75) is 76.4 Å². The molecule has 1 aliphatic rings. The van der Waals surface area contributed by atoms with E-state index in [0.717, 1.165) is 35.6 Å². The molecule has 0 aliphatic carbocycles. The highest BCUT2D eigenvalue weighted by Crippen LogP contribution is 2.36. The van der Waals surface area contributed by atoms with Crippen molar-refractivity contribution < 1.29 is 35.8 Å². The first-order valence-corrected chi connectivity index (χ1v) is 16.2. The largest absolute Gasteiger partial charge is 0.573 e. The van der Waals surface area contributed by atoms with E-state index in [9.17, 15) is 18.0 Å². The number of nitrogens with one attached hydrogen (secondary N) is 4. The number of fused-ring (bicyclic) bond motifs is 1. The number of aryl methyl sites for hydroxylation is 1. The molecule has 3 atom stereocenters. The van der Waals surface area contributed by atoms with Crippen molar-refractivity contribution in [1.29, 1.82) is 5.41 Å². The first-order valence-electron chi connectivity index (χ1n) is 16.2. The highest BCUT2D eigenvalue weighted by Gasteiger charge is 2.33. The van der Waals surface area contributed by atoms with Gasteiger partial charge in [-0.05, 0) is 81.3 Å². The van der Waals surface area contributed by atoms with Crippen molar-refractivity contribution in [2.24, 2.45) is 5.73 Å². The SMILES string of the molecule is COC[C@H](N)CCCc1cc(OC(F)(F)F)c(F)c(-c2cc3cn(-c4cc(F)c([C@@H]5CCC[C@@H](CCNC(C)=N)N5)c(F)c4)c(=O)nc3[nH]2)c1. The lowest BCUT2D eigenvalue weighted by atomic mass is 9.91. The minimum Gasteiger partial charge on any atom is -0.403 e. The second-order valence-corrected chi connectivity index (χ2v) is 12.5. The summed E-state index contributed by atoms with van der Waals surface area (Å²) in [5.41, 5.74) is 4.85. The van der Waals surface area contributed by atoms with Gasteiger partial charge in [-0.2, -0.15) is 4.98 Å². The van der Waals surface area contributed by atoms with Crippen LogP contribution in [0, 0.1) is 22.9 Å². The zero-order chi connectivity index (χ0) is 36.2. The molecule has 5 rings (SSSR count). The first kappa shape index (κ1) is 36.9. The topological polar surface area (TPSA) is 143 Å². The van der Waals surface area contributed by atoms with Gasteiger partial charge in [0.1, 0.15) is 17.3 Å². The summed E-state index contributed by atoms with van der Waals surface area (Å²) < 4.78 is 96.0. The van der Waals surface area contributed by atoms with Gasteiger partial charge in [0.25, 0.3) is 0 Å². The standard InChI is InChI=1S/C34H39F6N7O3/c1-18(41)43-10-9-22-7-4-8-27(44-22)30-25(35)14-23(15-26(30)36)47-16-20-13-28(45-32(20)46-33(47)48)24-11-19(5-3-6-21(42)17-49-2)12-29(31(24)37)50-34(38,39)40/h11-16,21-22,27,44H,3-10,17,42H2,1-2H3,(H2,41,43)(H,45,46,48)/t21-,22+,27+/m1/s1. The second-order valence-electron chi connectivity index (χ2n) is 12.5. The molecule has 270 valence electrons. The Kier molecular flexibility index (Phi) is 11.5. The van der Waals surface area contributed by atoms with E-state index < -0.39 is 41.3 Å². The molecule has 16 heteroatoms. The number of halogens is 6. The Morgan fingerprint density at radius 1 is 1.16 bits per heavy atom. The third-order valence-electron chi connectivity index (χ3n) is 8.60. The molecule has 0 saturated carbocycles. The third kappa shape index (κ3) is 9.03. The predicted octanol–water partition coefficient (Wildman–Crippen LogP) is 6.15. The van der Waals surface area contributed by atoms with Crippen LogP contribution in [-0.4, -0.2) is 59.1 Å². The minimum absolute atomic E-state index is 0.00285. The van der Waals surface area contributed by atoms with Crippen molar-refractivity contribution in [1.82, 2.24) is 25.2 Å². The van der Waals surface area contributed by atoms with E-state index >= 15 is 13.2 Å². The second kappa shape index (κ2) is 15.6. The van der Waals surface area contributed by atoms with Gasteiger partial charge in [0.15, 0.2) is 11.6 Å². The van der Waals surface area contributed by atoms with Crippen molar-refractivity contribution in [3.05, 3.63) is 75.6 Å². The van der Waals surface area contributed by atoms with E-state index in [-0.39, 0.29) is 52.0 Å². The number of piperidine rings is 1. The van der Waals surface area contributed by atoms with Crippen molar-refractivity contribution in [3.63, 3.8) is 0 Å². The quantitative estimate of drug-likeness (QED) is 0.0637. The molecule has 4 aromatic rings. The first-order chi connectivity index (χ1) is 23.7. The smallest absolute Gasteiger partial charge is 0.403 e. The number of alkyl halides is 3. The van der Waals surface area contributed by atoms with Gasteiger partial charge < -0.3 is 30.8 Å². The van der Waals surface area contributed by atoms with Crippen LogP contribution in [0.2, 0.25) is 0 Å². The van der Waals surface area contributed by atoms with Crippen LogP contribution in [0.25, 0.3) is 28.0 Å². The molecule has 6 N–H and O–H groups in total. The molecule has 0 spiro atoms. The van der Waals surface area contributed by atoms with Gasteiger partial charge in [0.05, 0.1) is 23.8 Å². The number of rotatable bonds is 13. The number of hydrogen-bond acceptors (Lipinski definition) is 7. The van der Waals surface area contributed by atoms with Crippen molar-refractivity contribution in [2.75, 3.05) is 20.3 Å². The zero-order valence-electron chi connectivity index (χ0n) is 27.5. The molecule has 1 aliphatic heterocycles. The van der Waals surface area contributed by atoms with E-state index in [4.69, 9.17) is 15.9 Å². The van der Waals surface area contributed by atoms with Crippen molar-refractivity contribution >= 4 is 16.9 Å². The fraction of sp³-hybridized carbons (Fsp3) is 0.441. The summed E-state index contributed by atoms with van der Waals surface area (Å²) in [6, 6.07) is 4.91. The maximum Gasteiger partial charge on any atom is 0.573 e. The van der Waals surface area contributed by atoms with E-state index in [1.54, 1.807) is 6.92 Å². The minimum atomic E-state index is -5.16. The van der Waals surface area contributed by atoms with Crippen LogP contribution in [-0.2, 0) is 11.2 Å². The zero-order valence-corrected chi connectivity index (χ0v) is 27.5. The van der Waals surface area contributed by atoms with Gasteiger partial charge in [0.2, 0.25) is 0 Å². The van der Waals surface area contributed by atoms with Crippen molar-refractivity contribution in [3.8, 4) is 22.7 Å².